The van der Waals surface area contributed by atoms with Crippen LogP contribution in [-0.2, 0) is 19.5 Å². The number of guanidine groups is 1. The van der Waals surface area contributed by atoms with Gasteiger partial charge in [0, 0.05) is 35.7 Å². The van der Waals surface area contributed by atoms with Crippen LogP contribution in [0.1, 0.15) is 22.2 Å². The number of nitrogens with zero attached hydrogens (tertiary/aromatic N) is 3. The molecule has 0 bridgehead atoms. The molecule has 0 spiro atoms. The second kappa shape index (κ2) is 8.48. The van der Waals surface area contributed by atoms with Gasteiger partial charge in [-0.05, 0) is 42.3 Å². The van der Waals surface area contributed by atoms with E-state index < -0.39 is 0 Å². The predicted octanol–water partition coefficient (Wildman–Crippen LogP) is 3.36. The molecule has 1 aromatic carbocycles. The highest BCUT2D eigenvalue weighted by molar-refractivity contribution is 7.11. The zero-order chi connectivity index (χ0) is 17.5. The van der Waals surface area contributed by atoms with Crippen LogP contribution < -0.4 is 10.6 Å². The molecule has 0 aliphatic heterocycles. The van der Waals surface area contributed by atoms with Gasteiger partial charge in [0.25, 0.3) is 0 Å². The Hall–Kier alpha value is -2.60. The third-order valence-electron chi connectivity index (χ3n) is 3.88. The molecule has 3 aromatic rings. The van der Waals surface area contributed by atoms with Crippen LogP contribution >= 0.6 is 11.3 Å². The van der Waals surface area contributed by atoms with Crippen molar-refractivity contribution in [2.75, 3.05) is 7.05 Å². The van der Waals surface area contributed by atoms with Crippen LogP contribution in [0.25, 0.3) is 5.69 Å². The maximum Gasteiger partial charge on any atom is 0.191 e. The van der Waals surface area contributed by atoms with Gasteiger partial charge in [-0.3, -0.25) is 4.99 Å². The summed E-state index contributed by atoms with van der Waals surface area (Å²) in [5, 5.41) is 11.0. The Labute approximate surface area is 152 Å². The molecule has 3 rings (SSSR count). The van der Waals surface area contributed by atoms with Gasteiger partial charge in [0.2, 0.25) is 0 Å². The summed E-state index contributed by atoms with van der Waals surface area (Å²) in [7, 11) is 1.79. The molecule has 0 saturated heterocycles. The van der Waals surface area contributed by atoms with Crippen LogP contribution in [0.5, 0.6) is 0 Å². The zero-order valence-electron chi connectivity index (χ0n) is 14.6. The van der Waals surface area contributed by atoms with E-state index in [0.717, 1.165) is 31.2 Å². The lowest BCUT2D eigenvalue weighted by atomic mass is 10.2. The minimum atomic E-state index is 0.726. The number of benzene rings is 1. The van der Waals surface area contributed by atoms with Crippen LogP contribution in [0.4, 0.5) is 0 Å². The van der Waals surface area contributed by atoms with Gasteiger partial charge in [-0.25, -0.2) is 4.68 Å². The van der Waals surface area contributed by atoms with Gasteiger partial charge < -0.3 is 10.6 Å². The van der Waals surface area contributed by atoms with E-state index in [1.54, 1.807) is 13.2 Å². The van der Waals surface area contributed by atoms with E-state index >= 15 is 0 Å². The SMILES string of the molecule is CCc1ccc(CNC(=NC)NCc2ccc(-n3cccn3)cc2)s1. The number of aromatic nitrogens is 2. The second-order valence-electron chi connectivity index (χ2n) is 5.62. The molecule has 0 saturated carbocycles. The van der Waals surface area contributed by atoms with Gasteiger partial charge in [0.15, 0.2) is 5.96 Å². The van der Waals surface area contributed by atoms with Crippen molar-refractivity contribution in [3.63, 3.8) is 0 Å². The first-order valence-electron chi connectivity index (χ1n) is 8.39. The topological polar surface area (TPSA) is 54.2 Å². The maximum atomic E-state index is 4.29. The average molecular weight is 353 g/mol. The van der Waals surface area contributed by atoms with E-state index in [0.29, 0.717) is 0 Å². The molecule has 2 heterocycles. The van der Waals surface area contributed by atoms with Crippen molar-refractivity contribution in [1.29, 1.82) is 0 Å². The third-order valence-corrected chi connectivity index (χ3v) is 5.11. The Morgan fingerprint density at radius 3 is 2.48 bits per heavy atom. The summed E-state index contributed by atoms with van der Waals surface area (Å²) in [5.41, 5.74) is 2.25. The Kier molecular flexibility index (Phi) is 5.85. The Balaban J connectivity index is 1.50. The standard InChI is InChI=1S/C19H23N5S/c1-3-17-9-10-18(25-17)14-22-19(20-2)21-13-15-5-7-16(8-6-15)24-12-4-11-23-24/h4-12H,3,13-14H2,1-2H3,(H2,20,21,22). The van der Waals surface area contributed by atoms with Crippen LogP contribution in [0, 0.1) is 0 Å². The molecular weight excluding hydrogens is 330 g/mol. The molecule has 2 aromatic heterocycles. The van der Waals surface area contributed by atoms with Gasteiger partial charge in [0.05, 0.1) is 12.2 Å². The van der Waals surface area contributed by atoms with Crippen molar-refractivity contribution in [1.82, 2.24) is 20.4 Å². The fourth-order valence-corrected chi connectivity index (χ4v) is 3.37. The summed E-state index contributed by atoms with van der Waals surface area (Å²) in [6.07, 6.45) is 4.81. The predicted molar refractivity (Wildman–Crippen MR) is 104 cm³/mol. The first kappa shape index (κ1) is 17.2. The zero-order valence-corrected chi connectivity index (χ0v) is 15.4. The molecule has 130 valence electrons. The van der Waals surface area contributed by atoms with E-state index in [1.807, 2.05) is 28.3 Å². The quantitative estimate of drug-likeness (QED) is 0.528. The minimum Gasteiger partial charge on any atom is -0.352 e. The number of hydrogen-bond donors (Lipinski definition) is 2. The number of aryl methyl sites for hydroxylation is 1. The highest BCUT2D eigenvalue weighted by Gasteiger charge is 2.02. The monoisotopic (exact) mass is 353 g/mol. The smallest absolute Gasteiger partial charge is 0.191 e. The summed E-state index contributed by atoms with van der Waals surface area (Å²) >= 11 is 1.85. The molecule has 0 aliphatic carbocycles. The molecule has 0 radical (unpaired) electrons. The molecule has 25 heavy (non-hydrogen) atoms. The maximum absolute atomic E-state index is 4.29. The van der Waals surface area contributed by atoms with Gasteiger partial charge >= 0.3 is 0 Å². The number of nitrogens with one attached hydrogen (secondary N) is 2. The van der Waals surface area contributed by atoms with E-state index in [2.05, 4.69) is 64.0 Å². The van der Waals surface area contributed by atoms with Crippen molar-refractivity contribution in [3.8, 4) is 5.69 Å². The van der Waals surface area contributed by atoms with E-state index in [-0.39, 0.29) is 0 Å². The molecule has 0 aliphatic rings. The molecule has 2 N–H and O–H groups in total. The number of aliphatic imine (C=N–C) groups is 1. The van der Waals surface area contributed by atoms with Crippen molar-refractivity contribution < 1.29 is 0 Å². The lowest BCUT2D eigenvalue weighted by Crippen LogP contribution is -2.36. The van der Waals surface area contributed by atoms with Gasteiger partial charge in [-0.15, -0.1) is 11.3 Å². The molecule has 0 atom stereocenters. The van der Waals surface area contributed by atoms with Crippen molar-refractivity contribution in [2.24, 2.45) is 4.99 Å². The lowest BCUT2D eigenvalue weighted by Gasteiger charge is -2.11. The van der Waals surface area contributed by atoms with Gasteiger partial charge in [-0.1, -0.05) is 19.1 Å². The first-order chi connectivity index (χ1) is 12.3. The number of thiophene rings is 1. The van der Waals surface area contributed by atoms with Crippen molar-refractivity contribution in [2.45, 2.75) is 26.4 Å². The van der Waals surface area contributed by atoms with Crippen molar-refractivity contribution >= 4 is 17.3 Å². The first-order valence-corrected chi connectivity index (χ1v) is 9.21. The largest absolute Gasteiger partial charge is 0.352 e. The summed E-state index contributed by atoms with van der Waals surface area (Å²) < 4.78 is 1.85. The Morgan fingerprint density at radius 2 is 1.84 bits per heavy atom. The van der Waals surface area contributed by atoms with Crippen molar-refractivity contribution in [3.05, 3.63) is 70.2 Å². The molecule has 0 unspecified atom stereocenters. The second-order valence-corrected chi connectivity index (χ2v) is 6.87. The summed E-state index contributed by atoms with van der Waals surface area (Å²) in [4.78, 5) is 7.02. The van der Waals surface area contributed by atoms with Crippen LogP contribution in [0.3, 0.4) is 0 Å². The molecular formula is C19H23N5S. The molecule has 5 nitrogen and oxygen atoms in total. The third kappa shape index (κ3) is 4.70. The van der Waals surface area contributed by atoms with Crippen LogP contribution in [-0.4, -0.2) is 22.8 Å². The lowest BCUT2D eigenvalue weighted by molar-refractivity contribution is 0.814. The fourth-order valence-electron chi connectivity index (χ4n) is 2.47. The van der Waals surface area contributed by atoms with Crippen LogP contribution in [0.2, 0.25) is 0 Å². The van der Waals surface area contributed by atoms with E-state index in [9.17, 15) is 0 Å². The molecule has 0 fully saturated rings. The summed E-state index contributed by atoms with van der Waals surface area (Å²) in [6.45, 7) is 3.70. The number of hydrogen-bond acceptors (Lipinski definition) is 3. The van der Waals surface area contributed by atoms with Gasteiger partial charge in [0.1, 0.15) is 0 Å². The minimum absolute atomic E-state index is 0.726. The fraction of sp³-hybridized carbons (Fsp3) is 0.263. The normalized spacial score (nSPS) is 11.5. The molecule has 0 amide bonds. The Bertz CT molecular complexity index is 803. The highest BCUT2D eigenvalue weighted by Crippen LogP contribution is 2.16. The van der Waals surface area contributed by atoms with E-state index in [4.69, 9.17) is 0 Å². The van der Waals surface area contributed by atoms with Crippen LogP contribution in [0.15, 0.2) is 59.9 Å². The highest BCUT2D eigenvalue weighted by atomic mass is 32.1. The molecule has 6 heteroatoms. The summed E-state index contributed by atoms with van der Waals surface area (Å²) in [6, 6.07) is 14.6. The summed E-state index contributed by atoms with van der Waals surface area (Å²) in [5.74, 6) is 0.808. The van der Waals surface area contributed by atoms with E-state index in [1.165, 1.54) is 15.3 Å². The van der Waals surface area contributed by atoms with Gasteiger partial charge in [-0.2, -0.15) is 5.10 Å². The number of rotatable bonds is 6. The average Bonchev–Trinajstić information content (AvgIpc) is 3.34. The Morgan fingerprint density at radius 1 is 1.08 bits per heavy atom.